The largest absolute Gasteiger partial charge is 0.472 e. The van der Waals surface area contributed by atoms with Crippen molar-refractivity contribution in [3.63, 3.8) is 0 Å². The van der Waals surface area contributed by atoms with Crippen molar-refractivity contribution in [2.75, 3.05) is 47.5 Å². The standard InChI is InChI=1S/C81H152NO8P/c1-6-8-10-12-14-16-18-20-22-24-26-28-30-32-34-35-36-37-38-39-40-41-42-43-44-45-46-48-49-51-53-55-57-59-61-63-65-67-69-71-73-80(83)87-77-79(78-89-91(85,86)88-76-75-82(3,4)5)90-81(84)74-72-70-68-66-64-62-60-58-56-54-52-50-47-33-31-29-27-25-23-21-19-17-15-13-11-9-7-2/h9,11,15,17,21,23,27,29,33,47,79H,6-8,10,12-14,16,18-20,22,24-26,28,30-32,34-46,48-78H2,1-5H3/p+1/b11-9-,17-15-,23-21-,29-27-,47-33-. The Kier molecular flexibility index (Phi) is 70.2. The fourth-order valence-electron chi connectivity index (χ4n) is 11.8. The normalized spacial score (nSPS) is 13.3. The molecule has 1 N–H and O–H groups in total. The second-order valence-electron chi connectivity index (χ2n) is 28.1. The molecule has 0 heterocycles. The average molecular weight is 1300 g/mol. The third-order valence-electron chi connectivity index (χ3n) is 17.8. The van der Waals surface area contributed by atoms with E-state index in [1.807, 2.05) is 21.1 Å². The number of rotatable bonds is 74. The molecule has 91 heavy (non-hydrogen) atoms. The first-order valence-corrected chi connectivity index (χ1v) is 41.0. The molecule has 9 nitrogen and oxygen atoms in total. The second-order valence-corrected chi connectivity index (χ2v) is 29.5. The fraction of sp³-hybridized carbons (Fsp3) is 0.852. The molecule has 0 aliphatic carbocycles. The number of hydrogen-bond acceptors (Lipinski definition) is 7. The summed E-state index contributed by atoms with van der Waals surface area (Å²) in [7, 11) is 1.49. The third kappa shape index (κ3) is 76.6. The lowest BCUT2D eigenvalue weighted by atomic mass is 10.0. The van der Waals surface area contributed by atoms with E-state index in [0.29, 0.717) is 23.9 Å². The topological polar surface area (TPSA) is 108 Å². The molecular weight excluding hydrogens is 1150 g/mol. The molecule has 10 heteroatoms. The predicted octanol–water partition coefficient (Wildman–Crippen LogP) is 26.1. The Balaban J connectivity index is 3.89. The molecule has 0 spiro atoms. The quantitative estimate of drug-likeness (QED) is 0.0211. The van der Waals surface area contributed by atoms with E-state index < -0.39 is 26.5 Å². The first-order chi connectivity index (χ1) is 44.5. The zero-order valence-corrected chi connectivity index (χ0v) is 62.0. The number of esters is 2. The number of likely N-dealkylation sites (N-methyl/N-ethyl adjacent to an activating group) is 1. The van der Waals surface area contributed by atoms with Crippen molar-refractivity contribution in [2.24, 2.45) is 0 Å². The van der Waals surface area contributed by atoms with E-state index in [1.165, 1.54) is 289 Å². The Morgan fingerprint density at radius 2 is 0.626 bits per heavy atom. The Morgan fingerprint density at radius 3 is 0.934 bits per heavy atom. The number of hydrogen-bond donors (Lipinski definition) is 1. The van der Waals surface area contributed by atoms with Crippen LogP contribution in [0.5, 0.6) is 0 Å². The van der Waals surface area contributed by atoms with Gasteiger partial charge >= 0.3 is 19.8 Å². The molecule has 0 saturated heterocycles. The van der Waals surface area contributed by atoms with Gasteiger partial charge < -0.3 is 18.9 Å². The Morgan fingerprint density at radius 1 is 0.352 bits per heavy atom. The number of unbranched alkanes of at least 4 members (excludes halogenated alkanes) is 50. The average Bonchev–Trinajstić information content (AvgIpc) is 3.74. The highest BCUT2D eigenvalue weighted by Crippen LogP contribution is 2.43. The molecule has 0 aliphatic rings. The zero-order chi connectivity index (χ0) is 66.2. The summed E-state index contributed by atoms with van der Waals surface area (Å²) in [5.74, 6) is -0.784. The summed E-state index contributed by atoms with van der Waals surface area (Å²) in [5, 5.41) is 0. The molecule has 0 aromatic carbocycles. The molecule has 0 aromatic rings. The van der Waals surface area contributed by atoms with Gasteiger partial charge in [0.2, 0.25) is 0 Å². The smallest absolute Gasteiger partial charge is 0.462 e. The zero-order valence-electron chi connectivity index (χ0n) is 61.1. The SMILES string of the molecule is CC/C=C\C/C=C\C/C=C\C/C=C\C/C=C\CCCCCCCCCCCCCC(=O)OC(COC(=O)CCCCCCCCCCCCCCCCCCCCCCCCCCCCCCCCCCCCCCCCCC)COP(=O)(O)OCC[N+](C)(C)C. The number of phosphoric ester groups is 1. The summed E-state index contributed by atoms with van der Waals surface area (Å²) in [4.78, 5) is 35.9. The van der Waals surface area contributed by atoms with Crippen LogP contribution in [0.15, 0.2) is 60.8 Å². The van der Waals surface area contributed by atoms with E-state index in [9.17, 15) is 19.0 Å². The predicted molar refractivity (Wildman–Crippen MR) is 395 cm³/mol. The summed E-state index contributed by atoms with van der Waals surface area (Å²) >= 11 is 0. The Hall–Kier alpha value is -2.29. The van der Waals surface area contributed by atoms with Gasteiger partial charge in [0.25, 0.3) is 0 Å². The van der Waals surface area contributed by atoms with Crippen LogP contribution in [0.4, 0.5) is 0 Å². The van der Waals surface area contributed by atoms with Crippen LogP contribution in [-0.4, -0.2) is 74.9 Å². The number of quaternary nitrogens is 1. The van der Waals surface area contributed by atoms with E-state index in [0.717, 1.165) is 70.6 Å². The highest BCUT2D eigenvalue weighted by molar-refractivity contribution is 7.47. The van der Waals surface area contributed by atoms with Gasteiger partial charge in [-0.05, 0) is 57.8 Å². The van der Waals surface area contributed by atoms with E-state index in [2.05, 4.69) is 74.6 Å². The van der Waals surface area contributed by atoms with E-state index in [1.54, 1.807) is 0 Å². The van der Waals surface area contributed by atoms with Crippen LogP contribution in [-0.2, 0) is 32.7 Å². The van der Waals surface area contributed by atoms with Crippen LogP contribution < -0.4 is 0 Å². The lowest BCUT2D eigenvalue weighted by Crippen LogP contribution is -2.37. The number of carbonyl (C=O) groups excluding carboxylic acids is 2. The molecular formula is C81H153NO8P+. The van der Waals surface area contributed by atoms with Crippen molar-refractivity contribution in [3.05, 3.63) is 60.8 Å². The second kappa shape index (κ2) is 72.0. The van der Waals surface area contributed by atoms with E-state index in [4.69, 9.17) is 18.5 Å². The Labute approximate surface area is 566 Å². The molecule has 2 atom stereocenters. The molecule has 0 aliphatic heterocycles. The Bertz CT molecular complexity index is 1720. The van der Waals surface area contributed by atoms with Gasteiger partial charge in [-0.3, -0.25) is 18.6 Å². The van der Waals surface area contributed by atoms with Crippen LogP contribution in [0.25, 0.3) is 0 Å². The van der Waals surface area contributed by atoms with Crippen molar-refractivity contribution >= 4 is 19.8 Å². The van der Waals surface area contributed by atoms with Crippen LogP contribution in [0.3, 0.4) is 0 Å². The monoisotopic (exact) mass is 1300 g/mol. The van der Waals surface area contributed by atoms with Crippen molar-refractivity contribution in [3.8, 4) is 0 Å². The lowest BCUT2D eigenvalue weighted by Gasteiger charge is -2.24. The number of carbonyl (C=O) groups is 2. The molecule has 0 radical (unpaired) electrons. The maximum absolute atomic E-state index is 12.9. The minimum absolute atomic E-state index is 0.0313. The summed E-state index contributed by atoms with van der Waals surface area (Å²) < 4.78 is 34.8. The van der Waals surface area contributed by atoms with Gasteiger partial charge in [-0.2, -0.15) is 0 Å². The number of nitrogens with zero attached hydrogens (tertiary/aromatic N) is 1. The number of phosphoric acid groups is 1. The lowest BCUT2D eigenvalue weighted by molar-refractivity contribution is -0.870. The van der Waals surface area contributed by atoms with Gasteiger partial charge in [0.15, 0.2) is 6.10 Å². The molecule has 0 aromatic heterocycles. The number of allylic oxidation sites excluding steroid dienone is 10. The van der Waals surface area contributed by atoms with Crippen LogP contribution in [0, 0.1) is 0 Å². The number of ether oxygens (including phenoxy) is 2. The van der Waals surface area contributed by atoms with E-state index >= 15 is 0 Å². The maximum Gasteiger partial charge on any atom is 0.472 e. The van der Waals surface area contributed by atoms with Crippen molar-refractivity contribution in [1.82, 2.24) is 0 Å². The molecule has 0 saturated carbocycles. The van der Waals surface area contributed by atoms with Gasteiger partial charge in [0, 0.05) is 12.8 Å². The van der Waals surface area contributed by atoms with Crippen LogP contribution in [0.2, 0.25) is 0 Å². The fourth-order valence-corrected chi connectivity index (χ4v) is 12.6. The summed E-state index contributed by atoms with van der Waals surface area (Å²) in [6.45, 7) is 4.38. The highest BCUT2D eigenvalue weighted by Gasteiger charge is 2.27. The minimum atomic E-state index is -4.40. The van der Waals surface area contributed by atoms with Crippen molar-refractivity contribution < 1.29 is 42.1 Å². The summed E-state index contributed by atoms with van der Waals surface area (Å²) in [6, 6.07) is 0. The van der Waals surface area contributed by atoms with E-state index in [-0.39, 0.29) is 25.6 Å². The minimum Gasteiger partial charge on any atom is -0.462 e. The van der Waals surface area contributed by atoms with Crippen LogP contribution >= 0.6 is 7.82 Å². The molecule has 534 valence electrons. The van der Waals surface area contributed by atoms with Crippen molar-refractivity contribution in [2.45, 2.75) is 399 Å². The first-order valence-electron chi connectivity index (χ1n) is 39.5. The summed E-state index contributed by atoms with van der Waals surface area (Å²) in [5.41, 5.74) is 0. The summed E-state index contributed by atoms with van der Waals surface area (Å²) in [6.07, 6.45) is 96.7. The molecule has 2 unspecified atom stereocenters. The van der Waals surface area contributed by atoms with Gasteiger partial charge in [0.1, 0.15) is 19.8 Å². The van der Waals surface area contributed by atoms with Gasteiger partial charge in [-0.25, -0.2) is 4.57 Å². The molecule has 0 rings (SSSR count). The van der Waals surface area contributed by atoms with Gasteiger partial charge in [-0.1, -0.05) is 383 Å². The third-order valence-corrected chi connectivity index (χ3v) is 18.8. The molecule has 0 bridgehead atoms. The maximum atomic E-state index is 12.9. The first kappa shape index (κ1) is 88.7. The van der Waals surface area contributed by atoms with Crippen molar-refractivity contribution in [1.29, 1.82) is 0 Å². The molecule has 0 amide bonds. The highest BCUT2D eigenvalue weighted by atomic mass is 31.2. The molecule has 0 fully saturated rings. The van der Waals surface area contributed by atoms with Gasteiger partial charge in [0.05, 0.1) is 27.7 Å². The van der Waals surface area contributed by atoms with Crippen LogP contribution in [0.1, 0.15) is 393 Å². The van der Waals surface area contributed by atoms with Gasteiger partial charge in [-0.15, -0.1) is 0 Å².